The van der Waals surface area contributed by atoms with E-state index in [0.717, 1.165) is 32.4 Å². The Labute approximate surface area is 122 Å². The lowest BCUT2D eigenvalue weighted by molar-refractivity contribution is -0.132. The van der Waals surface area contributed by atoms with Crippen LogP contribution in [0.3, 0.4) is 0 Å². The molecule has 1 amide bonds. The lowest BCUT2D eigenvalue weighted by Crippen LogP contribution is -2.42. The number of ether oxygens (including phenoxy) is 1. The number of carbonyl (C=O) groups excluding carboxylic acids is 1. The minimum Gasteiger partial charge on any atom is -0.375 e. The molecule has 1 N–H and O–H groups in total. The summed E-state index contributed by atoms with van der Waals surface area (Å²) in [5.74, 6) is 0.351. The second-order valence-electron chi connectivity index (χ2n) is 6.76. The maximum Gasteiger partial charge on any atom is 0.222 e. The Morgan fingerprint density at radius 3 is 2.70 bits per heavy atom. The zero-order valence-electron chi connectivity index (χ0n) is 12.6. The topological polar surface area (TPSA) is 41.6 Å². The molecule has 2 aliphatic heterocycles. The summed E-state index contributed by atoms with van der Waals surface area (Å²) in [5, 5.41) is 3.51. The number of nitrogens with zero attached hydrogens (tertiary/aromatic N) is 1. The van der Waals surface area contributed by atoms with E-state index in [1.807, 2.05) is 0 Å². The first-order valence-electron chi connectivity index (χ1n) is 8.40. The molecule has 1 aliphatic carbocycles. The molecule has 0 radical (unpaired) electrons. The van der Waals surface area contributed by atoms with Crippen molar-refractivity contribution in [3.63, 3.8) is 0 Å². The SMILES string of the molecule is C[C@@H]1CC[C@H](CCC(=O)N(C[C@@H]2CCCN2)C2CC2)O1. The Morgan fingerprint density at radius 2 is 2.10 bits per heavy atom. The summed E-state index contributed by atoms with van der Waals surface area (Å²) < 4.78 is 5.82. The van der Waals surface area contributed by atoms with Gasteiger partial charge in [0.25, 0.3) is 0 Å². The standard InChI is InChI=1S/C16H28N2O2/c1-12-4-7-15(20-12)8-9-16(19)18(14-5-6-14)11-13-3-2-10-17-13/h12-15,17H,2-11H2,1H3/t12-,13+,15-/m1/s1. The number of amides is 1. The van der Waals surface area contributed by atoms with Crippen LogP contribution in [0.2, 0.25) is 0 Å². The van der Waals surface area contributed by atoms with E-state index < -0.39 is 0 Å². The van der Waals surface area contributed by atoms with Crippen LogP contribution in [-0.4, -0.2) is 48.2 Å². The third-order valence-corrected chi connectivity index (χ3v) is 4.89. The predicted molar refractivity (Wildman–Crippen MR) is 78.6 cm³/mol. The largest absolute Gasteiger partial charge is 0.375 e. The fourth-order valence-electron chi connectivity index (χ4n) is 3.52. The summed E-state index contributed by atoms with van der Waals surface area (Å²) in [4.78, 5) is 14.6. The van der Waals surface area contributed by atoms with Crippen molar-refractivity contribution >= 4 is 5.91 Å². The maximum absolute atomic E-state index is 12.5. The minimum atomic E-state index is 0.319. The van der Waals surface area contributed by atoms with Crippen molar-refractivity contribution in [2.45, 2.75) is 82.6 Å². The Bertz CT molecular complexity index is 337. The van der Waals surface area contributed by atoms with Gasteiger partial charge >= 0.3 is 0 Å². The van der Waals surface area contributed by atoms with Crippen LogP contribution in [0.4, 0.5) is 0 Å². The van der Waals surface area contributed by atoms with Crippen LogP contribution in [0, 0.1) is 0 Å². The highest BCUT2D eigenvalue weighted by molar-refractivity contribution is 5.77. The quantitative estimate of drug-likeness (QED) is 0.810. The molecule has 3 rings (SSSR count). The number of nitrogens with one attached hydrogen (secondary N) is 1. The van der Waals surface area contributed by atoms with Crippen molar-refractivity contribution in [2.75, 3.05) is 13.1 Å². The van der Waals surface area contributed by atoms with Crippen molar-refractivity contribution in [3.05, 3.63) is 0 Å². The zero-order valence-corrected chi connectivity index (χ0v) is 12.6. The molecule has 0 unspecified atom stereocenters. The molecule has 2 heterocycles. The Kier molecular flexibility index (Phi) is 4.61. The van der Waals surface area contributed by atoms with Crippen LogP contribution in [0.15, 0.2) is 0 Å². The first-order valence-corrected chi connectivity index (χ1v) is 8.40. The molecule has 0 aromatic carbocycles. The van der Waals surface area contributed by atoms with Crippen molar-refractivity contribution in [2.24, 2.45) is 0 Å². The fourth-order valence-corrected chi connectivity index (χ4v) is 3.52. The maximum atomic E-state index is 12.5. The van der Waals surface area contributed by atoms with E-state index in [1.54, 1.807) is 0 Å². The van der Waals surface area contributed by atoms with Gasteiger partial charge in [-0.2, -0.15) is 0 Å². The summed E-state index contributed by atoms with van der Waals surface area (Å²) in [5.41, 5.74) is 0. The molecule has 2 saturated heterocycles. The van der Waals surface area contributed by atoms with E-state index in [4.69, 9.17) is 4.74 Å². The third kappa shape index (κ3) is 3.73. The van der Waals surface area contributed by atoms with E-state index in [9.17, 15) is 4.79 Å². The smallest absolute Gasteiger partial charge is 0.222 e. The van der Waals surface area contributed by atoms with E-state index in [-0.39, 0.29) is 0 Å². The van der Waals surface area contributed by atoms with E-state index in [1.165, 1.54) is 25.7 Å². The molecule has 114 valence electrons. The summed E-state index contributed by atoms with van der Waals surface area (Å²) in [6.45, 7) is 4.17. The van der Waals surface area contributed by atoms with Crippen LogP contribution >= 0.6 is 0 Å². The van der Waals surface area contributed by atoms with Crippen LogP contribution in [0.5, 0.6) is 0 Å². The average molecular weight is 280 g/mol. The third-order valence-electron chi connectivity index (χ3n) is 4.89. The lowest BCUT2D eigenvalue weighted by atomic mass is 10.1. The summed E-state index contributed by atoms with van der Waals surface area (Å²) >= 11 is 0. The van der Waals surface area contributed by atoms with Gasteiger partial charge in [-0.05, 0) is 58.4 Å². The molecular formula is C16H28N2O2. The first kappa shape index (κ1) is 14.3. The van der Waals surface area contributed by atoms with Gasteiger partial charge in [0.2, 0.25) is 5.91 Å². The molecule has 0 bridgehead atoms. The summed E-state index contributed by atoms with van der Waals surface area (Å²) in [6.07, 6.45) is 9.44. The second kappa shape index (κ2) is 6.44. The average Bonchev–Trinajstić information content (AvgIpc) is 2.97. The molecule has 4 nitrogen and oxygen atoms in total. The van der Waals surface area contributed by atoms with Gasteiger partial charge < -0.3 is 15.0 Å². The molecule has 3 atom stereocenters. The lowest BCUT2D eigenvalue weighted by Gasteiger charge is -2.26. The minimum absolute atomic E-state index is 0.319. The monoisotopic (exact) mass is 280 g/mol. The zero-order chi connectivity index (χ0) is 13.9. The molecular weight excluding hydrogens is 252 g/mol. The predicted octanol–water partition coefficient (Wildman–Crippen LogP) is 2.08. The van der Waals surface area contributed by atoms with Gasteiger partial charge in [0.1, 0.15) is 0 Å². The van der Waals surface area contributed by atoms with Gasteiger partial charge in [-0.1, -0.05) is 0 Å². The molecule has 3 aliphatic rings. The van der Waals surface area contributed by atoms with Gasteiger partial charge in [-0.15, -0.1) is 0 Å². The van der Waals surface area contributed by atoms with E-state index >= 15 is 0 Å². The molecule has 1 saturated carbocycles. The van der Waals surface area contributed by atoms with Gasteiger partial charge in [0.05, 0.1) is 12.2 Å². The molecule has 0 aromatic heterocycles. The van der Waals surface area contributed by atoms with Crippen LogP contribution < -0.4 is 5.32 Å². The Hall–Kier alpha value is -0.610. The van der Waals surface area contributed by atoms with Crippen molar-refractivity contribution in [3.8, 4) is 0 Å². The molecule has 4 heteroatoms. The fraction of sp³-hybridized carbons (Fsp3) is 0.938. The molecule has 3 fully saturated rings. The summed E-state index contributed by atoms with van der Waals surface area (Å²) in [7, 11) is 0. The first-order chi connectivity index (χ1) is 9.72. The number of hydrogen-bond acceptors (Lipinski definition) is 3. The Morgan fingerprint density at radius 1 is 1.25 bits per heavy atom. The molecule has 20 heavy (non-hydrogen) atoms. The van der Waals surface area contributed by atoms with Crippen LogP contribution in [0.25, 0.3) is 0 Å². The number of hydrogen-bond donors (Lipinski definition) is 1. The van der Waals surface area contributed by atoms with Crippen molar-refractivity contribution in [1.82, 2.24) is 10.2 Å². The highest BCUT2D eigenvalue weighted by Crippen LogP contribution is 2.29. The highest BCUT2D eigenvalue weighted by Gasteiger charge is 2.34. The highest BCUT2D eigenvalue weighted by atomic mass is 16.5. The second-order valence-corrected chi connectivity index (χ2v) is 6.76. The number of carbonyl (C=O) groups is 1. The van der Waals surface area contributed by atoms with Gasteiger partial charge in [-0.3, -0.25) is 4.79 Å². The normalized spacial score (nSPS) is 33.5. The summed E-state index contributed by atoms with van der Waals surface area (Å²) in [6, 6.07) is 1.07. The van der Waals surface area contributed by atoms with Gasteiger partial charge in [-0.25, -0.2) is 0 Å². The number of rotatable bonds is 6. The van der Waals surface area contributed by atoms with Crippen LogP contribution in [-0.2, 0) is 9.53 Å². The molecule has 0 spiro atoms. The van der Waals surface area contributed by atoms with Crippen LogP contribution in [0.1, 0.15) is 58.3 Å². The van der Waals surface area contributed by atoms with Crippen molar-refractivity contribution < 1.29 is 9.53 Å². The Balaban J connectivity index is 1.45. The molecule has 0 aromatic rings. The van der Waals surface area contributed by atoms with Gasteiger partial charge in [0.15, 0.2) is 0 Å². The van der Waals surface area contributed by atoms with Crippen molar-refractivity contribution in [1.29, 1.82) is 0 Å². The van der Waals surface area contributed by atoms with Gasteiger partial charge in [0, 0.05) is 25.0 Å². The van der Waals surface area contributed by atoms with E-state index in [2.05, 4.69) is 17.1 Å². The van der Waals surface area contributed by atoms with E-state index in [0.29, 0.717) is 36.6 Å².